The van der Waals surface area contributed by atoms with E-state index in [1.54, 1.807) is 12.1 Å². The van der Waals surface area contributed by atoms with Gasteiger partial charge in [-0.15, -0.1) is 0 Å². The predicted octanol–water partition coefficient (Wildman–Crippen LogP) is 4.22. The molecule has 3 aromatic rings. The third kappa shape index (κ3) is 2.29. The summed E-state index contributed by atoms with van der Waals surface area (Å²) in [6, 6.07) is 13.0. The SMILES string of the molecule is Cc1c(/C=N\O)c2cc(Br)ccc2n1-c1ccc(O)cc1. The van der Waals surface area contributed by atoms with Crippen molar-refractivity contribution in [2.24, 2.45) is 5.16 Å². The maximum Gasteiger partial charge on any atom is 0.115 e. The fourth-order valence-electron chi connectivity index (χ4n) is 2.57. The first-order chi connectivity index (χ1) is 10.1. The van der Waals surface area contributed by atoms with Gasteiger partial charge in [-0.05, 0) is 49.4 Å². The van der Waals surface area contributed by atoms with E-state index in [1.807, 2.05) is 37.3 Å². The van der Waals surface area contributed by atoms with Gasteiger partial charge in [-0.3, -0.25) is 0 Å². The van der Waals surface area contributed by atoms with Crippen LogP contribution in [0.15, 0.2) is 52.1 Å². The van der Waals surface area contributed by atoms with Gasteiger partial charge in [-0.25, -0.2) is 0 Å². The normalized spacial score (nSPS) is 11.5. The molecule has 0 bridgehead atoms. The maximum absolute atomic E-state index is 9.44. The lowest BCUT2D eigenvalue weighted by Gasteiger charge is -2.08. The minimum Gasteiger partial charge on any atom is -0.508 e. The zero-order valence-corrected chi connectivity index (χ0v) is 12.9. The summed E-state index contributed by atoms with van der Waals surface area (Å²) < 4.78 is 3.03. The van der Waals surface area contributed by atoms with Crippen LogP contribution in [0.1, 0.15) is 11.3 Å². The number of aromatic hydroxyl groups is 1. The molecule has 5 heteroatoms. The van der Waals surface area contributed by atoms with E-state index in [4.69, 9.17) is 5.21 Å². The number of oxime groups is 1. The number of phenols is 1. The van der Waals surface area contributed by atoms with Gasteiger partial charge in [0.25, 0.3) is 0 Å². The molecular weight excluding hydrogens is 332 g/mol. The van der Waals surface area contributed by atoms with Crippen LogP contribution in [0.2, 0.25) is 0 Å². The number of hydrogen-bond acceptors (Lipinski definition) is 3. The Morgan fingerprint density at radius 3 is 2.52 bits per heavy atom. The van der Waals surface area contributed by atoms with Gasteiger partial charge in [0, 0.05) is 26.8 Å². The minimum atomic E-state index is 0.229. The van der Waals surface area contributed by atoms with Gasteiger partial charge in [0.2, 0.25) is 0 Å². The van der Waals surface area contributed by atoms with Crippen molar-refractivity contribution in [3.8, 4) is 11.4 Å². The molecule has 0 spiro atoms. The molecule has 1 heterocycles. The van der Waals surface area contributed by atoms with Gasteiger partial charge >= 0.3 is 0 Å². The highest BCUT2D eigenvalue weighted by Crippen LogP contribution is 2.30. The lowest BCUT2D eigenvalue weighted by molar-refractivity contribution is 0.322. The first-order valence-corrected chi connectivity index (χ1v) is 7.18. The van der Waals surface area contributed by atoms with Crippen LogP contribution in [0.4, 0.5) is 0 Å². The van der Waals surface area contributed by atoms with Crippen LogP contribution in [0, 0.1) is 6.92 Å². The summed E-state index contributed by atoms with van der Waals surface area (Å²) in [5, 5.41) is 22.5. The largest absolute Gasteiger partial charge is 0.508 e. The Bertz CT molecular complexity index is 836. The van der Waals surface area contributed by atoms with Crippen LogP contribution in [-0.2, 0) is 0 Å². The van der Waals surface area contributed by atoms with E-state index in [9.17, 15) is 5.11 Å². The molecule has 1 aromatic heterocycles. The van der Waals surface area contributed by atoms with Crippen LogP contribution in [0.3, 0.4) is 0 Å². The molecule has 0 aliphatic carbocycles. The zero-order valence-electron chi connectivity index (χ0n) is 11.3. The molecule has 0 unspecified atom stereocenters. The molecule has 0 aliphatic rings. The molecule has 2 aromatic carbocycles. The van der Waals surface area contributed by atoms with Crippen molar-refractivity contribution >= 4 is 33.0 Å². The Hall–Kier alpha value is -2.27. The number of nitrogens with zero attached hydrogens (tertiary/aromatic N) is 2. The second-order valence-corrected chi connectivity index (χ2v) is 5.67. The summed E-state index contributed by atoms with van der Waals surface area (Å²) in [6.07, 6.45) is 1.45. The Morgan fingerprint density at radius 1 is 1.14 bits per heavy atom. The van der Waals surface area contributed by atoms with Crippen LogP contribution >= 0.6 is 15.9 Å². The number of phenolic OH excluding ortho intramolecular Hbond substituents is 1. The molecule has 0 radical (unpaired) electrons. The maximum atomic E-state index is 9.44. The van der Waals surface area contributed by atoms with Gasteiger partial charge in [0.1, 0.15) is 5.75 Å². The van der Waals surface area contributed by atoms with Crippen molar-refractivity contribution < 1.29 is 10.3 Å². The summed E-state index contributed by atoms with van der Waals surface area (Å²) >= 11 is 3.47. The van der Waals surface area contributed by atoms with Crippen LogP contribution in [0.5, 0.6) is 5.75 Å². The molecule has 4 nitrogen and oxygen atoms in total. The summed E-state index contributed by atoms with van der Waals surface area (Å²) in [4.78, 5) is 0. The summed E-state index contributed by atoms with van der Waals surface area (Å²) in [5.41, 5.74) is 3.78. The first-order valence-electron chi connectivity index (χ1n) is 6.39. The van der Waals surface area contributed by atoms with Gasteiger partial charge in [-0.1, -0.05) is 21.1 Å². The molecule has 21 heavy (non-hydrogen) atoms. The molecular formula is C16H13BrN2O2. The Kier molecular flexibility index (Phi) is 3.43. The lowest BCUT2D eigenvalue weighted by Crippen LogP contribution is -1.97. The topological polar surface area (TPSA) is 57.8 Å². The van der Waals surface area contributed by atoms with E-state index >= 15 is 0 Å². The highest BCUT2D eigenvalue weighted by Gasteiger charge is 2.14. The third-order valence-electron chi connectivity index (χ3n) is 3.51. The number of hydrogen-bond donors (Lipinski definition) is 2. The molecule has 0 atom stereocenters. The number of fused-ring (bicyclic) bond motifs is 1. The number of benzene rings is 2. The van der Waals surface area contributed by atoms with Gasteiger partial charge in [0.15, 0.2) is 0 Å². The van der Waals surface area contributed by atoms with Gasteiger partial charge < -0.3 is 14.9 Å². The van der Waals surface area contributed by atoms with Crippen LogP contribution < -0.4 is 0 Å². The van der Waals surface area contributed by atoms with E-state index in [2.05, 4.69) is 25.7 Å². The monoisotopic (exact) mass is 344 g/mol. The third-order valence-corrected chi connectivity index (χ3v) is 4.00. The predicted molar refractivity (Wildman–Crippen MR) is 86.8 cm³/mol. The molecule has 0 saturated carbocycles. The summed E-state index contributed by atoms with van der Waals surface area (Å²) in [5.74, 6) is 0.229. The van der Waals surface area contributed by atoms with Gasteiger partial charge in [0.05, 0.1) is 11.7 Å². The Balaban J connectivity index is 2.37. The smallest absolute Gasteiger partial charge is 0.115 e. The van der Waals surface area contributed by atoms with Crippen LogP contribution in [0.25, 0.3) is 16.6 Å². The number of rotatable bonds is 2. The van der Waals surface area contributed by atoms with Crippen molar-refractivity contribution in [2.45, 2.75) is 6.92 Å². The average molecular weight is 345 g/mol. The zero-order chi connectivity index (χ0) is 15.0. The average Bonchev–Trinajstić information content (AvgIpc) is 2.73. The molecule has 0 fully saturated rings. The van der Waals surface area contributed by atoms with Crippen molar-refractivity contribution in [2.75, 3.05) is 0 Å². The molecule has 0 aliphatic heterocycles. The van der Waals surface area contributed by atoms with Crippen LogP contribution in [-0.4, -0.2) is 21.1 Å². The Morgan fingerprint density at radius 2 is 1.86 bits per heavy atom. The quantitative estimate of drug-likeness (QED) is 0.415. The highest BCUT2D eigenvalue weighted by molar-refractivity contribution is 9.10. The minimum absolute atomic E-state index is 0.229. The van der Waals surface area contributed by atoms with Crippen molar-refractivity contribution in [1.29, 1.82) is 0 Å². The second-order valence-electron chi connectivity index (χ2n) is 4.76. The molecule has 3 rings (SSSR count). The van der Waals surface area contributed by atoms with E-state index in [0.717, 1.165) is 32.3 Å². The molecule has 0 amide bonds. The first kappa shape index (κ1) is 13.7. The number of aromatic nitrogens is 1. The van der Waals surface area contributed by atoms with E-state index in [0.29, 0.717) is 0 Å². The fraction of sp³-hybridized carbons (Fsp3) is 0.0625. The van der Waals surface area contributed by atoms with E-state index in [-0.39, 0.29) is 5.75 Å². The fourth-order valence-corrected chi connectivity index (χ4v) is 2.93. The van der Waals surface area contributed by atoms with E-state index < -0.39 is 0 Å². The molecule has 106 valence electrons. The van der Waals surface area contributed by atoms with E-state index in [1.165, 1.54) is 6.21 Å². The Labute approximate surface area is 130 Å². The molecule has 2 N–H and O–H groups in total. The summed E-state index contributed by atoms with van der Waals surface area (Å²) in [7, 11) is 0. The highest BCUT2D eigenvalue weighted by atomic mass is 79.9. The number of halogens is 1. The second kappa shape index (κ2) is 5.26. The van der Waals surface area contributed by atoms with Crippen molar-refractivity contribution in [3.05, 3.63) is 58.2 Å². The van der Waals surface area contributed by atoms with Crippen molar-refractivity contribution in [1.82, 2.24) is 4.57 Å². The van der Waals surface area contributed by atoms with Crippen molar-refractivity contribution in [3.63, 3.8) is 0 Å². The summed E-state index contributed by atoms with van der Waals surface area (Å²) in [6.45, 7) is 1.97. The standard InChI is InChI=1S/C16H13BrN2O2/c1-10-15(9-18-21)14-8-11(17)2-7-16(14)19(10)12-3-5-13(20)6-4-12/h2-9,20-21H,1H3/b18-9-. The van der Waals surface area contributed by atoms with Gasteiger partial charge in [-0.2, -0.15) is 0 Å². The lowest BCUT2D eigenvalue weighted by atomic mass is 10.1. The molecule has 0 saturated heterocycles.